The zero-order valence-corrected chi connectivity index (χ0v) is 10.2. The van der Waals surface area contributed by atoms with E-state index in [9.17, 15) is 0 Å². The molecule has 0 aromatic heterocycles. The molecular weight excluding hydrogens is 186 g/mol. The fraction of sp³-hybridized carbons (Fsp3) is 0.917. The third-order valence-corrected chi connectivity index (χ3v) is 3.86. The second-order valence-electron chi connectivity index (χ2n) is 5.21. The average Bonchev–Trinajstić information content (AvgIpc) is 2.50. The number of hydrogen-bond donors (Lipinski definition) is 0. The van der Waals surface area contributed by atoms with Crippen molar-refractivity contribution in [2.75, 3.05) is 26.7 Å². The molecule has 3 heteroatoms. The van der Waals surface area contributed by atoms with Gasteiger partial charge in [0, 0.05) is 19.1 Å². The summed E-state index contributed by atoms with van der Waals surface area (Å²) in [6.45, 7) is 8.21. The van der Waals surface area contributed by atoms with Gasteiger partial charge in [-0.15, -0.1) is 0 Å². The Kier molecular flexibility index (Phi) is 3.29. The van der Waals surface area contributed by atoms with Crippen molar-refractivity contribution >= 4 is 6.34 Å². The molecule has 0 radical (unpaired) electrons. The smallest absolute Gasteiger partial charge is 0.0857 e. The molecule has 2 aliphatic heterocycles. The summed E-state index contributed by atoms with van der Waals surface area (Å²) in [5.74, 6) is 0.836. The van der Waals surface area contributed by atoms with Crippen LogP contribution in [0.2, 0.25) is 0 Å². The fourth-order valence-corrected chi connectivity index (χ4v) is 2.63. The van der Waals surface area contributed by atoms with Crippen molar-refractivity contribution in [3.63, 3.8) is 0 Å². The van der Waals surface area contributed by atoms with Crippen molar-refractivity contribution in [1.82, 2.24) is 9.80 Å². The van der Waals surface area contributed by atoms with Crippen LogP contribution < -0.4 is 0 Å². The molecule has 0 aromatic rings. The lowest BCUT2D eigenvalue weighted by atomic mass is 9.97. The van der Waals surface area contributed by atoms with Gasteiger partial charge in [0.2, 0.25) is 0 Å². The van der Waals surface area contributed by atoms with Crippen molar-refractivity contribution in [3.8, 4) is 0 Å². The first kappa shape index (κ1) is 10.9. The quantitative estimate of drug-likeness (QED) is 0.685. The molecule has 86 valence electrons. The van der Waals surface area contributed by atoms with E-state index in [4.69, 9.17) is 0 Å². The molecule has 2 aliphatic rings. The van der Waals surface area contributed by atoms with Crippen LogP contribution in [-0.2, 0) is 0 Å². The zero-order valence-electron chi connectivity index (χ0n) is 10.2. The summed E-state index contributed by atoms with van der Waals surface area (Å²) in [4.78, 5) is 9.35. The van der Waals surface area contributed by atoms with E-state index in [1.54, 1.807) is 0 Å². The molecular formula is C12H23N3. The summed E-state index contributed by atoms with van der Waals surface area (Å²) in [5.41, 5.74) is 0. The van der Waals surface area contributed by atoms with Crippen LogP contribution in [-0.4, -0.2) is 54.9 Å². The summed E-state index contributed by atoms with van der Waals surface area (Å²) in [7, 11) is 2.23. The van der Waals surface area contributed by atoms with Gasteiger partial charge < -0.3 is 9.80 Å². The Balaban J connectivity index is 1.84. The monoisotopic (exact) mass is 209 g/mol. The van der Waals surface area contributed by atoms with E-state index in [1.807, 2.05) is 0 Å². The molecule has 0 aliphatic carbocycles. The van der Waals surface area contributed by atoms with Crippen LogP contribution in [0.3, 0.4) is 0 Å². The standard InChI is InChI=1S/C12H23N3/c1-10-11(2)15(9-13-10)8-12-5-4-6-14(3)7-12/h9-12H,4-8H2,1-3H3/t10?,11?,12-/m1/s1. The molecule has 15 heavy (non-hydrogen) atoms. The summed E-state index contributed by atoms with van der Waals surface area (Å²) < 4.78 is 0. The maximum absolute atomic E-state index is 4.47. The molecule has 0 aromatic carbocycles. The van der Waals surface area contributed by atoms with Gasteiger partial charge in [0.25, 0.3) is 0 Å². The SMILES string of the molecule is CC1N=CN(C[C@@H]2CCCN(C)C2)C1C. The highest BCUT2D eigenvalue weighted by atomic mass is 15.2. The molecule has 0 spiro atoms. The molecule has 2 rings (SSSR count). The molecule has 2 heterocycles. The van der Waals surface area contributed by atoms with Gasteiger partial charge in [-0.05, 0) is 46.2 Å². The molecule has 1 saturated heterocycles. The first-order valence-electron chi connectivity index (χ1n) is 6.14. The first-order valence-corrected chi connectivity index (χ1v) is 6.14. The summed E-state index contributed by atoms with van der Waals surface area (Å²) in [6, 6.07) is 1.07. The lowest BCUT2D eigenvalue weighted by Gasteiger charge is -2.34. The van der Waals surface area contributed by atoms with Crippen molar-refractivity contribution in [1.29, 1.82) is 0 Å². The second kappa shape index (κ2) is 4.52. The second-order valence-corrected chi connectivity index (χ2v) is 5.21. The van der Waals surface area contributed by atoms with Gasteiger partial charge >= 0.3 is 0 Å². The van der Waals surface area contributed by atoms with Gasteiger partial charge in [-0.2, -0.15) is 0 Å². The number of rotatable bonds is 2. The van der Waals surface area contributed by atoms with Gasteiger partial charge in [0.1, 0.15) is 0 Å². The highest BCUT2D eigenvalue weighted by molar-refractivity contribution is 5.58. The molecule has 0 amide bonds. The van der Waals surface area contributed by atoms with Gasteiger partial charge in [0.15, 0.2) is 0 Å². The van der Waals surface area contributed by atoms with E-state index in [0.717, 1.165) is 5.92 Å². The normalized spacial score (nSPS) is 37.5. The highest BCUT2D eigenvalue weighted by Crippen LogP contribution is 2.20. The summed E-state index contributed by atoms with van der Waals surface area (Å²) >= 11 is 0. The topological polar surface area (TPSA) is 18.8 Å². The van der Waals surface area contributed by atoms with Gasteiger partial charge in [-0.1, -0.05) is 0 Å². The van der Waals surface area contributed by atoms with Crippen molar-refractivity contribution in [2.45, 2.75) is 38.8 Å². The minimum Gasteiger partial charge on any atom is -0.358 e. The molecule has 1 fully saturated rings. The average molecular weight is 209 g/mol. The maximum Gasteiger partial charge on any atom is 0.0857 e. The fourth-order valence-electron chi connectivity index (χ4n) is 2.63. The lowest BCUT2D eigenvalue weighted by molar-refractivity contribution is 0.173. The Morgan fingerprint density at radius 3 is 2.80 bits per heavy atom. The Hall–Kier alpha value is -0.570. The molecule has 0 N–H and O–H groups in total. The van der Waals surface area contributed by atoms with Crippen LogP contribution >= 0.6 is 0 Å². The van der Waals surface area contributed by atoms with E-state index in [-0.39, 0.29) is 0 Å². The summed E-state index contributed by atoms with van der Waals surface area (Å²) in [5, 5.41) is 0. The molecule has 2 unspecified atom stereocenters. The number of nitrogens with zero attached hydrogens (tertiary/aromatic N) is 3. The van der Waals surface area contributed by atoms with E-state index in [1.165, 1.54) is 32.5 Å². The Morgan fingerprint density at radius 2 is 2.20 bits per heavy atom. The Bertz CT molecular complexity index is 239. The van der Waals surface area contributed by atoms with E-state index in [0.29, 0.717) is 12.1 Å². The Labute approximate surface area is 93.2 Å². The largest absolute Gasteiger partial charge is 0.358 e. The predicted octanol–water partition coefficient (Wildman–Crippen LogP) is 1.45. The van der Waals surface area contributed by atoms with Crippen molar-refractivity contribution in [3.05, 3.63) is 0 Å². The number of hydrogen-bond acceptors (Lipinski definition) is 3. The first-order chi connectivity index (χ1) is 7.16. The van der Waals surface area contributed by atoms with Crippen LogP contribution in [0.25, 0.3) is 0 Å². The zero-order chi connectivity index (χ0) is 10.8. The van der Waals surface area contributed by atoms with Crippen LogP contribution in [0.4, 0.5) is 0 Å². The van der Waals surface area contributed by atoms with Gasteiger partial charge in [0.05, 0.1) is 12.4 Å². The van der Waals surface area contributed by atoms with Gasteiger partial charge in [-0.3, -0.25) is 4.99 Å². The van der Waals surface area contributed by atoms with Crippen LogP contribution in [0.5, 0.6) is 0 Å². The Morgan fingerprint density at radius 1 is 1.40 bits per heavy atom. The maximum atomic E-state index is 4.47. The highest BCUT2D eigenvalue weighted by Gasteiger charge is 2.26. The minimum atomic E-state index is 0.478. The lowest BCUT2D eigenvalue weighted by Crippen LogP contribution is -2.41. The van der Waals surface area contributed by atoms with Crippen molar-refractivity contribution < 1.29 is 0 Å². The van der Waals surface area contributed by atoms with Gasteiger partial charge in [-0.25, -0.2) is 0 Å². The van der Waals surface area contributed by atoms with E-state index < -0.39 is 0 Å². The number of aliphatic imine (C=N–C) groups is 1. The third kappa shape index (κ3) is 2.51. The summed E-state index contributed by atoms with van der Waals surface area (Å²) in [6.07, 6.45) is 4.80. The number of piperidine rings is 1. The van der Waals surface area contributed by atoms with Crippen LogP contribution in [0, 0.1) is 5.92 Å². The van der Waals surface area contributed by atoms with E-state index >= 15 is 0 Å². The predicted molar refractivity (Wildman–Crippen MR) is 64.3 cm³/mol. The molecule has 3 nitrogen and oxygen atoms in total. The number of likely N-dealkylation sites (tertiary alicyclic amines) is 1. The van der Waals surface area contributed by atoms with Crippen LogP contribution in [0.15, 0.2) is 4.99 Å². The van der Waals surface area contributed by atoms with Crippen molar-refractivity contribution in [2.24, 2.45) is 10.9 Å². The molecule has 3 atom stereocenters. The van der Waals surface area contributed by atoms with Crippen LogP contribution in [0.1, 0.15) is 26.7 Å². The third-order valence-electron chi connectivity index (χ3n) is 3.86. The minimum absolute atomic E-state index is 0.478. The molecule has 0 bridgehead atoms. The molecule has 0 saturated carbocycles. The van der Waals surface area contributed by atoms with E-state index in [2.05, 4.69) is 42.0 Å².